The molecule has 2 atom stereocenters. The molecule has 2 aromatic carbocycles. The molecule has 0 saturated carbocycles. The average molecular weight is 335 g/mol. The highest BCUT2D eigenvalue weighted by Gasteiger charge is 2.32. The van der Waals surface area contributed by atoms with Crippen LogP contribution in [0.2, 0.25) is 0 Å². The molecule has 3 aromatic rings. The van der Waals surface area contributed by atoms with E-state index in [1.54, 1.807) is 0 Å². The Labute approximate surface area is 146 Å². The fourth-order valence-corrected chi connectivity index (χ4v) is 3.55. The van der Waals surface area contributed by atoms with E-state index in [1.165, 1.54) is 5.56 Å². The Morgan fingerprint density at radius 2 is 2.12 bits per heavy atom. The molecular formula is C20H21N3O2. The summed E-state index contributed by atoms with van der Waals surface area (Å²) in [6, 6.07) is 13.7. The van der Waals surface area contributed by atoms with Crippen LogP contribution in [0.4, 0.5) is 11.4 Å². The number of benzene rings is 2. The van der Waals surface area contributed by atoms with Gasteiger partial charge in [-0.2, -0.15) is 0 Å². The largest absolute Gasteiger partial charge is 0.441 e. The van der Waals surface area contributed by atoms with E-state index in [-0.39, 0.29) is 18.0 Å². The zero-order chi connectivity index (χ0) is 17.6. The van der Waals surface area contributed by atoms with Crippen LogP contribution in [0.15, 0.2) is 46.9 Å². The Bertz CT molecular complexity index is 947. The third kappa shape index (κ3) is 2.76. The van der Waals surface area contributed by atoms with Crippen LogP contribution >= 0.6 is 0 Å². The van der Waals surface area contributed by atoms with E-state index in [1.807, 2.05) is 55.1 Å². The first kappa shape index (κ1) is 15.7. The number of fused-ring (bicyclic) bond motifs is 2. The minimum atomic E-state index is -0.334. The Balaban J connectivity index is 1.55. The molecule has 0 unspecified atom stereocenters. The van der Waals surface area contributed by atoms with Gasteiger partial charge in [0.2, 0.25) is 5.91 Å². The molecule has 0 aliphatic carbocycles. The van der Waals surface area contributed by atoms with Gasteiger partial charge in [0.15, 0.2) is 11.5 Å². The molecule has 5 nitrogen and oxygen atoms in total. The Morgan fingerprint density at radius 1 is 1.32 bits per heavy atom. The number of hydrogen-bond acceptors (Lipinski definition) is 4. The number of rotatable bonds is 3. The van der Waals surface area contributed by atoms with Gasteiger partial charge in [0.05, 0.1) is 0 Å². The summed E-state index contributed by atoms with van der Waals surface area (Å²) in [5, 5.41) is 3.30. The molecule has 1 aromatic heterocycles. The van der Waals surface area contributed by atoms with Gasteiger partial charge < -0.3 is 14.6 Å². The second-order valence-electron chi connectivity index (χ2n) is 6.67. The maximum atomic E-state index is 13.0. The van der Waals surface area contributed by atoms with Gasteiger partial charge in [0, 0.05) is 24.3 Å². The first-order chi connectivity index (χ1) is 12.0. The van der Waals surface area contributed by atoms with E-state index in [9.17, 15) is 4.79 Å². The molecule has 1 aliphatic heterocycles. The third-order valence-electron chi connectivity index (χ3n) is 4.69. The van der Waals surface area contributed by atoms with Crippen LogP contribution in [0.1, 0.15) is 25.3 Å². The maximum Gasteiger partial charge on any atom is 0.249 e. The van der Waals surface area contributed by atoms with Crippen molar-refractivity contribution in [3.05, 3.63) is 53.9 Å². The summed E-state index contributed by atoms with van der Waals surface area (Å²) < 4.78 is 5.50. The molecule has 1 amide bonds. The summed E-state index contributed by atoms with van der Waals surface area (Å²) in [4.78, 5) is 19.3. The molecule has 0 saturated heterocycles. The summed E-state index contributed by atoms with van der Waals surface area (Å²) in [5.41, 5.74) is 4.67. The van der Waals surface area contributed by atoms with Crippen molar-refractivity contribution < 1.29 is 9.21 Å². The summed E-state index contributed by atoms with van der Waals surface area (Å²) in [7, 11) is 0. The predicted molar refractivity (Wildman–Crippen MR) is 98.9 cm³/mol. The molecule has 2 heterocycles. The summed E-state index contributed by atoms with van der Waals surface area (Å²) in [5.74, 6) is 0.715. The predicted octanol–water partition coefficient (Wildman–Crippen LogP) is 3.91. The van der Waals surface area contributed by atoms with Crippen molar-refractivity contribution in [3.8, 4) is 0 Å². The van der Waals surface area contributed by atoms with Gasteiger partial charge >= 0.3 is 0 Å². The Hall–Kier alpha value is -2.82. The fourth-order valence-electron chi connectivity index (χ4n) is 3.55. The van der Waals surface area contributed by atoms with Gasteiger partial charge in [-0.1, -0.05) is 18.2 Å². The van der Waals surface area contributed by atoms with E-state index < -0.39 is 0 Å². The number of anilines is 2. The molecule has 5 heteroatoms. The monoisotopic (exact) mass is 335 g/mol. The average Bonchev–Trinajstić information content (AvgIpc) is 3.11. The van der Waals surface area contributed by atoms with Crippen molar-refractivity contribution in [2.45, 2.75) is 39.3 Å². The fraction of sp³-hybridized carbons (Fsp3) is 0.300. The quantitative estimate of drug-likeness (QED) is 0.788. The zero-order valence-electron chi connectivity index (χ0n) is 14.6. The lowest BCUT2D eigenvalue weighted by atomic mass is 10.1. The first-order valence-corrected chi connectivity index (χ1v) is 8.57. The highest BCUT2D eigenvalue weighted by atomic mass is 16.3. The van der Waals surface area contributed by atoms with E-state index >= 15 is 0 Å². The number of nitrogens with one attached hydrogen (secondary N) is 1. The number of amides is 1. The molecule has 4 rings (SSSR count). The number of para-hydroxylation sites is 1. The molecule has 25 heavy (non-hydrogen) atoms. The standard InChI is InChI=1S/C20H21N3O2/c1-12-10-15-6-4-5-7-18(15)23(12)20(24)13(2)21-16-8-9-19-17(11-16)22-14(3)25-19/h4-9,11-13,21H,10H2,1-3H3/t12-,13+/m1/s1. The van der Waals surface area contributed by atoms with Crippen molar-refractivity contribution >= 4 is 28.4 Å². The SMILES string of the molecule is Cc1nc2cc(N[C@@H](C)C(=O)N3c4ccccc4C[C@H]3C)ccc2o1. The number of aromatic nitrogens is 1. The number of aryl methyl sites for hydroxylation is 1. The van der Waals surface area contributed by atoms with Gasteiger partial charge in [-0.15, -0.1) is 0 Å². The van der Waals surface area contributed by atoms with Crippen molar-refractivity contribution in [1.29, 1.82) is 0 Å². The minimum Gasteiger partial charge on any atom is -0.441 e. The topological polar surface area (TPSA) is 58.4 Å². The highest BCUT2D eigenvalue weighted by molar-refractivity contribution is 6.00. The number of carbonyl (C=O) groups is 1. The van der Waals surface area contributed by atoms with E-state index in [2.05, 4.69) is 23.3 Å². The van der Waals surface area contributed by atoms with Crippen molar-refractivity contribution in [2.75, 3.05) is 10.2 Å². The van der Waals surface area contributed by atoms with Gasteiger partial charge in [0.25, 0.3) is 0 Å². The summed E-state index contributed by atoms with van der Waals surface area (Å²) in [6.07, 6.45) is 0.902. The Morgan fingerprint density at radius 3 is 2.96 bits per heavy atom. The second-order valence-corrected chi connectivity index (χ2v) is 6.67. The molecule has 0 radical (unpaired) electrons. The van der Waals surface area contributed by atoms with Crippen molar-refractivity contribution in [3.63, 3.8) is 0 Å². The molecule has 128 valence electrons. The smallest absolute Gasteiger partial charge is 0.249 e. The number of oxazole rings is 1. The summed E-state index contributed by atoms with van der Waals surface area (Å²) in [6.45, 7) is 5.81. The van der Waals surface area contributed by atoms with Crippen molar-refractivity contribution in [1.82, 2.24) is 4.98 Å². The van der Waals surface area contributed by atoms with E-state index in [4.69, 9.17) is 4.42 Å². The Kier molecular flexibility index (Phi) is 3.71. The van der Waals surface area contributed by atoms with Crippen LogP contribution in [0, 0.1) is 6.92 Å². The lowest BCUT2D eigenvalue weighted by Gasteiger charge is -2.27. The number of hydrogen-bond donors (Lipinski definition) is 1. The minimum absolute atomic E-state index is 0.0777. The second kappa shape index (κ2) is 5.92. The molecule has 1 N–H and O–H groups in total. The van der Waals surface area contributed by atoms with Gasteiger partial charge in [-0.05, 0) is 50.1 Å². The van der Waals surface area contributed by atoms with Gasteiger partial charge in [-0.25, -0.2) is 4.98 Å². The van der Waals surface area contributed by atoms with Crippen LogP contribution in [-0.2, 0) is 11.2 Å². The normalized spacial score (nSPS) is 17.6. The molecule has 1 aliphatic rings. The van der Waals surface area contributed by atoms with Crippen molar-refractivity contribution in [2.24, 2.45) is 0 Å². The van der Waals surface area contributed by atoms with Crippen LogP contribution in [0.3, 0.4) is 0 Å². The first-order valence-electron chi connectivity index (χ1n) is 8.57. The van der Waals surface area contributed by atoms with Crippen LogP contribution in [0.25, 0.3) is 11.1 Å². The highest BCUT2D eigenvalue weighted by Crippen LogP contribution is 2.32. The lowest BCUT2D eigenvalue weighted by molar-refractivity contribution is -0.119. The van der Waals surface area contributed by atoms with Crippen LogP contribution in [0.5, 0.6) is 0 Å². The zero-order valence-corrected chi connectivity index (χ0v) is 14.6. The number of carbonyl (C=O) groups excluding carboxylic acids is 1. The summed E-state index contributed by atoms with van der Waals surface area (Å²) >= 11 is 0. The molecule has 0 bridgehead atoms. The molecule has 0 fully saturated rings. The van der Waals surface area contributed by atoms with Crippen LogP contribution < -0.4 is 10.2 Å². The van der Waals surface area contributed by atoms with E-state index in [0.717, 1.165) is 28.9 Å². The van der Waals surface area contributed by atoms with E-state index in [0.29, 0.717) is 5.89 Å². The van der Waals surface area contributed by atoms with Crippen LogP contribution in [-0.4, -0.2) is 23.0 Å². The number of nitrogens with zero attached hydrogens (tertiary/aromatic N) is 2. The van der Waals surface area contributed by atoms with Gasteiger partial charge in [0.1, 0.15) is 11.6 Å². The lowest BCUT2D eigenvalue weighted by Crippen LogP contribution is -2.44. The maximum absolute atomic E-state index is 13.0. The molecule has 0 spiro atoms. The van der Waals surface area contributed by atoms with Gasteiger partial charge in [-0.3, -0.25) is 4.79 Å². The molecular weight excluding hydrogens is 314 g/mol. The third-order valence-corrected chi connectivity index (χ3v) is 4.69.